The van der Waals surface area contributed by atoms with Gasteiger partial charge in [0.25, 0.3) is 0 Å². The maximum absolute atomic E-state index is 13.1. The van der Waals surface area contributed by atoms with Crippen molar-refractivity contribution in [3.63, 3.8) is 0 Å². The highest BCUT2D eigenvalue weighted by molar-refractivity contribution is 6.31. The zero-order chi connectivity index (χ0) is 22.5. The second-order valence-electron chi connectivity index (χ2n) is 6.97. The van der Waals surface area contributed by atoms with Gasteiger partial charge in [0.2, 0.25) is 11.8 Å². The number of carbonyl (C=O) groups excluding carboxylic acids is 2. The number of benzene rings is 2. The second kappa shape index (κ2) is 9.95. The summed E-state index contributed by atoms with van der Waals surface area (Å²) in [5, 5.41) is 2.82. The molecule has 0 bridgehead atoms. The predicted octanol–water partition coefficient (Wildman–Crippen LogP) is 4.28. The molecule has 2 aromatic carbocycles. The summed E-state index contributed by atoms with van der Waals surface area (Å²) in [7, 11) is 3.18. The molecular weight excluding hydrogens is 419 g/mol. The van der Waals surface area contributed by atoms with Gasteiger partial charge < -0.3 is 10.2 Å². The lowest BCUT2D eigenvalue weighted by molar-refractivity contribution is -0.138. The van der Waals surface area contributed by atoms with Crippen molar-refractivity contribution in [2.45, 2.75) is 25.7 Å². The molecule has 0 spiro atoms. The lowest BCUT2D eigenvalue weighted by Gasteiger charge is -2.28. The first kappa shape index (κ1) is 23.7. The number of alkyl halides is 3. The standard InChI is InChI=1S/C21H23ClF3N3O2/c1-14(27(2)12-15-8-4-6-10-17(15)22)20(30)28(3)13-19(29)26-18-11-7-5-9-16(18)21(23,24)25/h4-11,14H,12-13H2,1-3H3,(H,26,29)/t14-/m1/s1. The first-order valence-corrected chi connectivity index (χ1v) is 9.53. The molecule has 0 aromatic heterocycles. The molecular formula is C21H23ClF3N3O2. The van der Waals surface area contributed by atoms with E-state index >= 15 is 0 Å². The third kappa shape index (κ3) is 6.21. The molecule has 0 fully saturated rings. The van der Waals surface area contributed by atoms with Crippen molar-refractivity contribution in [3.8, 4) is 0 Å². The lowest BCUT2D eigenvalue weighted by Crippen LogP contribution is -2.46. The molecule has 0 unspecified atom stereocenters. The largest absolute Gasteiger partial charge is 0.418 e. The first-order chi connectivity index (χ1) is 14.0. The van der Waals surface area contributed by atoms with Gasteiger partial charge in [-0.25, -0.2) is 0 Å². The van der Waals surface area contributed by atoms with Crippen LogP contribution in [0.5, 0.6) is 0 Å². The van der Waals surface area contributed by atoms with Gasteiger partial charge in [0.1, 0.15) is 0 Å². The summed E-state index contributed by atoms with van der Waals surface area (Å²) >= 11 is 6.15. The van der Waals surface area contributed by atoms with Crippen molar-refractivity contribution in [2.24, 2.45) is 0 Å². The molecule has 2 amide bonds. The van der Waals surface area contributed by atoms with Gasteiger partial charge in [-0.3, -0.25) is 14.5 Å². The Bertz CT molecular complexity index is 905. The van der Waals surface area contributed by atoms with Crippen LogP contribution in [0.1, 0.15) is 18.1 Å². The normalized spacial score (nSPS) is 12.5. The minimum Gasteiger partial charge on any atom is -0.335 e. The molecule has 9 heteroatoms. The Morgan fingerprint density at radius 1 is 1.07 bits per heavy atom. The van der Waals surface area contributed by atoms with Gasteiger partial charge in [0, 0.05) is 18.6 Å². The summed E-state index contributed by atoms with van der Waals surface area (Å²) in [4.78, 5) is 27.9. The smallest absolute Gasteiger partial charge is 0.335 e. The summed E-state index contributed by atoms with van der Waals surface area (Å²) in [6.45, 7) is 1.73. The molecule has 0 aliphatic carbocycles. The first-order valence-electron chi connectivity index (χ1n) is 9.15. The molecule has 5 nitrogen and oxygen atoms in total. The quantitative estimate of drug-likeness (QED) is 0.698. The average molecular weight is 442 g/mol. The molecule has 0 saturated carbocycles. The van der Waals surface area contributed by atoms with Gasteiger partial charge in [-0.05, 0) is 37.7 Å². The molecule has 0 radical (unpaired) electrons. The molecule has 2 rings (SSSR count). The Labute approximate surface area is 178 Å². The zero-order valence-electron chi connectivity index (χ0n) is 16.8. The minimum atomic E-state index is -4.60. The predicted molar refractivity (Wildman–Crippen MR) is 110 cm³/mol. The van der Waals surface area contributed by atoms with Crippen molar-refractivity contribution in [2.75, 3.05) is 26.0 Å². The molecule has 0 aliphatic heterocycles. The molecule has 0 heterocycles. The fraction of sp³-hybridized carbons (Fsp3) is 0.333. The second-order valence-corrected chi connectivity index (χ2v) is 7.38. The number of para-hydroxylation sites is 1. The van der Waals surface area contributed by atoms with Crippen LogP contribution in [0, 0.1) is 0 Å². The van der Waals surface area contributed by atoms with Gasteiger partial charge in [-0.2, -0.15) is 13.2 Å². The maximum atomic E-state index is 13.1. The van der Waals surface area contributed by atoms with Crippen LogP contribution in [0.25, 0.3) is 0 Å². The molecule has 2 aromatic rings. The van der Waals surface area contributed by atoms with E-state index in [1.54, 1.807) is 24.9 Å². The monoisotopic (exact) mass is 441 g/mol. The van der Waals surface area contributed by atoms with E-state index in [0.29, 0.717) is 11.6 Å². The molecule has 30 heavy (non-hydrogen) atoms. The number of nitrogens with one attached hydrogen (secondary N) is 1. The average Bonchev–Trinajstić information content (AvgIpc) is 2.68. The van der Waals surface area contributed by atoms with Crippen LogP contribution < -0.4 is 5.32 Å². The summed E-state index contributed by atoms with van der Waals surface area (Å²) < 4.78 is 39.2. The Morgan fingerprint density at radius 2 is 1.67 bits per heavy atom. The number of anilines is 1. The van der Waals surface area contributed by atoms with Crippen LogP contribution in [0.3, 0.4) is 0 Å². The molecule has 1 atom stereocenters. The molecule has 0 aliphatic rings. The SMILES string of the molecule is C[C@H](C(=O)N(C)CC(=O)Nc1ccccc1C(F)(F)F)N(C)Cc1ccccc1Cl. The summed E-state index contributed by atoms with van der Waals surface area (Å²) in [6.07, 6.45) is -4.60. The Morgan fingerprint density at radius 3 is 2.30 bits per heavy atom. The number of rotatable bonds is 7. The van der Waals surface area contributed by atoms with Gasteiger partial charge in [0.15, 0.2) is 0 Å². The highest BCUT2D eigenvalue weighted by Gasteiger charge is 2.33. The van der Waals surface area contributed by atoms with Crippen LogP contribution in [-0.2, 0) is 22.3 Å². The summed E-state index contributed by atoms with van der Waals surface area (Å²) in [5.74, 6) is -1.06. The van der Waals surface area contributed by atoms with Gasteiger partial charge in [-0.1, -0.05) is 41.9 Å². The number of likely N-dealkylation sites (N-methyl/N-ethyl adjacent to an activating group) is 2. The topological polar surface area (TPSA) is 52.7 Å². The highest BCUT2D eigenvalue weighted by Crippen LogP contribution is 2.34. The Hall–Kier alpha value is -2.58. The number of hydrogen-bond donors (Lipinski definition) is 1. The third-order valence-corrected chi connectivity index (χ3v) is 5.03. The van der Waals surface area contributed by atoms with Crippen LogP contribution >= 0.6 is 11.6 Å². The number of hydrogen-bond acceptors (Lipinski definition) is 3. The van der Waals surface area contributed by atoms with Gasteiger partial charge in [0.05, 0.1) is 23.8 Å². The van der Waals surface area contributed by atoms with Crippen molar-refractivity contribution in [1.82, 2.24) is 9.80 Å². The van der Waals surface area contributed by atoms with E-state index in [1.165, 1.54) is 30.1 Å². The molecule has 1 N–H and O–H groups in total. The highest BCUT2D eigenvalue weighted by atomic mass is 35.5. The Kier molecular flexibility index (Phi) is 7.86. The fourth-order valence-electron chi connectivity index (χ4n) is 2.86. The number of nitrogens with zero attached hydrogens (tertiary/aromatic N) is 2. The Balaban J connectivity index is 1.98. The van der Waals surface area contributed by atoms with Crippen molar-refractivity contribution < 1.29 is 22.8 Å². The number of halogens is 4. The zero-order valence-corrected chi connectivity index (χ0v) is 17.6. The van der Waals surface area contributed by atoms with Crippen molar-refractivity contribution in [3.05, 3.63) is 64.7 Å². The molecule has 0 saturated heterocycles. The van der Waals surface area contributed by atoms with Crippen LogP contribution in [0.2, 0.25) is 5.02 Å². The number of amides is 2. The van der Waals surface area contributed by atoms with E-state index in [1.807, 2.05) is 18.2 Å². The van der Waals surface area contributed by atoms with E-state index in [-0.39, 0.29) is 18.1 Å². The number of carbonyl (C=O) groups is 2. The summed E-state index contributed by atoms with van der Waals surface area (Å²) in [5.41, 5.74) is -0.439. The van der Waals surface area contributed by atoms with Crippen LogP contribution in [0.15, 0.2) is 48.5 Å². The minimum absolute atomic E-state index is 0.344. The van der Waals surface area contributed by atoms with E-state index < -0.39 is 23.7 Å². The van der Waals surface area contributed by atoms with E-state index in [9.17, 15) is 22.8 Å². The van der Waals surface area contributed by atoms with Gasteiger partial charge in [-0.15, -0.1) is 0 Å². The van der Waals surface area contributed by atoms with Crippen molar-refractivity contribution >= 4 is 29.1 Å². The van der Waals surface area contributed by atoms with Crippen LogP contribution in [0.4, 0.5) is 18.9 Å². The summed E-state index contributed by atoms with van der Waals surface area (Å²) in [6, 6.07) is 11.4. The maximum Gasteiger partial charge on any atom is 0.418 e. The third-order valence-electron chi connectivity index (χ3n) is 4.66. The fourth-order valence-corrected chi connectivity index (χ4v) is 3.06. The van der Waals surface area contributed by atoms with Gasteiger partial charge >= 0.3 is 6.18 Å². The molecule has 162 valence electrons. The van der Waals surface area contributed by atoms with E-state index in [0.717, 1.165) is 11.6 Å². The lowest BCUT2D eigenvalue weighted by atomic mass is 10.1. The van der Waals surface area contributed by atoms with Crippen LogP contribution in [-0.4, -0.2) is 48.3 Å². The van der Waals surface area contributed by atoms with E-state index in [2.05, 4.69) is 5.32 Å². The van der Waals surface area contributed by atoms with E-state index in [4.69, 9.17) is 11.6 Å². The van der Waals surface area contributed by atoms with Crippen molar-refractivity contribution in [1.29, 1.82) is 0 Å².